The number of pyridine rings is 1. The van der Waals surface area contributed by atoms with E-state index in [1.807, 2.05) is 6.20 Å². The Hall–Kier alpha value is -7.24. The summed E-state index contributed by atoms with van der Waals surface area (Å²) in [6.07, 6.45) is 1.92. The lowest BCUT2D eigenvalue weighted by Crippen LogP contribution is -2.01. The van der Waals surface area contributed by atoms with Gasteiger partial charge in [0.25, 0.3) is 0 Å². The van der Waals surface area contributed by atoms with Gasteiger partial charge in [0.15, 0.2) is 0 Å². The van der Waals surface area contributed by atoms with Crippen molar-refractivity contribution >= 4 is 54.6 Å². The molecule has 0 saturated heterocycles. The summed E-state index contributed by atoms with van der Waals surface area (Å²) >= 11 is 0. The molecule has 0 radical (unpaired) electrons. The molecular formula is C55H45N5. The first-order valence-electron chi connectivity index (χ1n) is 21.1. The maximum atomic E-state index is 5.58. The first kappa shape index (κ1) is 35.9. The second-order valence-corrected chi connectivity index (χ2v) is 16.8. The minimum Gasteiger partial charge on any atom is -0.354 e. The van der Waals surface area contributed by atoms with Crippen LogP contribution < -0.4 is 0 Å². The van der Waals surface area contributed by atoms with Crippen molar-refractivity contribution in [2.75, 3.05) is 0 Å². The molecule has 0 bridgehead atoms. The van der Waals surface area contributed by atoms with E-state index in [1.54, 1.807) is 0 Å². The molecule has 11 rings (SSSR count). The summed E-state index contributed by atoms with van der Waals surface area (Å²) in [6.45, 7) is 11.3. The standard InChI is InChI=1S/C55H45N5/c1-33(2)39-17-11-18-40(34(3)4)52(39)37-25-27-44-43-26-24-36(31-49(43)60(50(44)32-37)51-30-35(5)28-29-56-51)41-19-13-23-48-54(41)58-55(59(48)38-14-7-6-8-15-38)46-21-12-20-45-42-16-9-10-22-47(42)57-53(45)46/h6-34,57H,1-5H3. The number of hydrogen-bond acceptors (Lipinski definition) is 2. The second kappa shape index (κ2) is 14.0. The summed E-state index contributed by atoms with van der Waals surface area (Å²) in [6, 6.07) is 57.2. The molecule has 1 N–H and O–H groups in total. The van der Waals surface area contributed by atoms with Crippen LogP contribution in [-0.4, -0.2) is 24.1 Å². The highest BCUT2D eigenvalue weighted by molar-refractivity contribution is 6.13. The Kier molecular flexibility index (Phi) is 8.35. The van der Waals surface area contributed by atoms with E-state index < -0.39 is 0 Å². The number of imidazole rings is 1. The first-order chi connectivity index (χ1) is 29.3. The Morgan fingerprint density at radius 1 is 0.517 bits per heavy atom. The molecule has 0 saturated carbocycles. The predicted molar refractivity (Wildman–Crippen MR) is 252 cm³/mol. The molecule has 0 fully saturated rings. The minimum atomic E-state index is 0.394. The van der Waals surface area contributed by atoms with Crippen LogP contribution in [0.3, 0.4) is 0 Å². The lowest BCUT2D eigenvalue weighted by Gasteiger charge is -2.20. The van der Waals surface area contributed by atoms with Gasteiger partial charge >= 0.3 is 0 Å². The minimum absolute atomic E-state index is 0.394. The highest BCUT2D eigenvalue weighted by Gasteiger charge is 2.23. The molecule has 0 spiro atoms. The molecule has 290 valence electrons. The molecule has 0 atom stereocenters. The van der Waals surface area contributed by atoms with Gasteiger partial charge in [-0.15, -0.1) is 0 Å². The van der Waals surface area contributed by atoms with Gasteiger partial charge in [-0.3, -0.25) is 9.13 Å². The summed E-state index contributed by atoms with van der Waals surface area (Å²) in [5.41, 5.74) is 17.3. The Morgan fingerprint density at radius 2 is 1.17 bits per heavy atom. The highest BCUT2D eigenvalue weighted by Crippen LogP contribution is 2.43. The van der Waals surface area contributed by atoms with Gasteiger partial charge in [-0.1, -0.05) is 131 Å². The number of hydrogen-bond donors (Lipinski definition) is 1. The fourth-order valence-corrected chi connectivity index (χ4v) is 9.53. The van der Waals surface area contributed by atoms with Gasteiger partial charge < -0.3 is 4.98 Å². The molecule has 0 amide bonds. The number of para-hydroxylation sites is 4. The van der Waals surface area contributed by atoms with Gasteiger partial charge in [-0.2, -0.15) is 0 Å². The summed E-state index contributed by atoms with van der Waals surface area (Å²) < 4.78 is 4.68. The smallest absolute Gasteiger partial charge is 0.147 e. The average molecular weight is 776 g/mol. The number of nitrogens with one attached hydrogen (secondary N) is 1. The van der Waals surface area contributed by atoms with Crippen molar-refractivity contribution in [3.05, 3.63) is 181 Å². The molecule has 60 heavy (non-hydrogen) atoms. The van der Waals surface area contributed by atoms with Crippen LogP contribution in [0.2, 0.25) is 0 Å². The second-order valence-electron chi connectivity index (χ2n) is 16.8. The monoisotopic (exact) mass is 775 g/mol. The third kappa shape index (κ3) is 5.60. The van der Waals surface area contributed by atoms with E-state index >= 15 is 0 Å². The number of nitrogens with zero attached hydrogens (tertiary/aromatic N) is 4. The number of aryl methyl sites for hydroxylation is 1. The first-order valence-corrected chi connectivity index (χ1v) is 21.1. The maximum Gasteiger partial charge on any atom is 0.147 e. The number of H-pyrrole nitrogens is 1. The number of fused-ring (bicyclic) bond motifs is 7. The zero-order chi connectivity index (χ0) is 40.6. The Balaban J connectivity index is 1.17. The van der Waals surface area contributed by atoms with Crippen LogP contribution in [0.4, 0.5) is 0 Å². The summed E-state index contributed by atoms with van der Waals surface area (Å²) in [5.74, 6) is 2.59. The number of aromatic nitrogens is 5. The van der Waals surface area contributed by atoms with Crippen molar-refractivity contribution in [2.24, 2.45) is 0 Å². The normalized spacial score (nSPS) is 12.1. The van der Waals surface area contributed by atoms with Crippen LogP contribution >= 0.6 is 0 Å². The lowest BCUT2D eigenvalue weighted by atomic mass is 9.85. The zero-order valence-corrected chi connectivity index (χ0v) is 34.5. The maximum absolute atomic E-state index is 5.58. The number of benzene rings is 7. The topological polar surface area (TPSA) is 51.4 Å². The summed E-state index contributed by atoms with van der Waals surface area (Å²) in [7, 11) is 0. The van der Waals surface area contributed by atoms with E-state index in [2.05, 4.69) is 206 Å². The van der Waals surface area contributed by atoms with E-state index in [0.29, 0.717) is 11.8 Å². The highest BCUT2D eigenvalue weighted by atomic mass is 15.1. The molecule has 5 heteroatoms. The molecule has 0 aliphatic carbocycles. The van der Waals surface area contributed by atoms with Gasteiger partial charge in [0, 0.05) is 50.1 Å². The van der Waals surface area contributed by atoms with Crippen LogP contribution in [-0.2, 0) is 0 Å². The van der Waals surface area contributed by atoms with Gasteiger partial charge in [-0.05, 0) is 107 Å². The van der Waals surface area contributed by atoms with E-state index in [9.17, 15) is 0 Å². The molecular weight excluding hydrogens is 731 g/mol. The molecule has 0 unspecified atom stereocenters. The summed E-state index contributed by atoms with van der Waals surface area (Å²) in [4.78, 5) is 14.3. The van der Waals surface area contributed by atoms with Crippen molar-refractivity contribution in [1.29, 1.82) is 0 Å². The molecule has 5 nitrogen and oxygen atoms in total. The molecule has 4 aromatic heterocycles. The van der Waals surface area contributed by atoms with Gasteiger partial charge in [-0.25, -0.2) is 9.97 Å². The van der Waals surface area contributed by atoms with E-state index in [0.717, 1.165) is 67.1 Å². The molecule has 7 aromatic carbocycles. The van der Waals surface area contributed by atoms with Gasteiger partial charge in [0.05, 0.1) is 27.6 Å². The average Bonchev–Trinajstić information content (AvgIpc) is 3.95. The number of aromatic amines is 1. The lowest BCUT2D eigenvalue weighted by molar-refractivity contribution is 0.838. The molecule has 11 aromatic rings. The van der Waals surface area contributed by atoms with E-state index in [4.69, 9.17) is 9.97 Å². The van der Waals surface area contributed by atoms with Crippen LogP contribution in [0, 0.1) is 6.92 Å². The number of rotatable bonds is 7. The van der Waals surface area contributed by atoms with Crippen LogP contribution in [0.25, 0.3) is 99.8 Å². The van der Waals surface area contributed by atoms with E-state index in [1.165, 1.54) is 49.4 Å². The summed E-state index contributed by atoms with van der Waals surface area (Å²) in [5, 5.41) is 4.80. The van der Waals surface area contributed by atoms with Crippen molar-refractivity contribution in [3.8, 4) is 45.1 Å². The Morgan fingerprint density at radius 3 is 1.92 bits per heavy atom. The van der Waals surface area contributed by atoms with Crippen molar-refractivity contribution < 1.29 is 0 Å². The molecule has 4 heterocycles. The van der Waals surface area contributed by atoms with Crippen molar-refractivity contribution in [3.63, 3.8) is 0 Å². The van der Waals surface area contributed by atoms with Gasteiger partial charge in [0.2, 0.25) is 0 Å². The third-order valence-corrected chi connectivity index (χ3v) is 12.4. The largest absolute Gasteiger partial charge is 0.354 e. The Bertz CT molecular complexity index is 3420. The fraction of sp³-hybridized carbons (Fsp3) is 0.127. The van der Waals surface area contributed by atoms with Crippen LogP contribution in [0.15, 0.2) is 164 Å². The quantitative estimate of drug-likeness (QED) is 0.175. The van der Waals surface area contributed by atoms with Crippen LogP contribution in [0.1, 0.15) is 56.2 Å². The van der Waals surface area contributed by atoms with Crippen molar-refractivity contribution in [2.45, 2.75) is 46.5 Å². The third-order valence-electron chi connectivity index (χ3n) is 12.4. The zero-order valence-electron chi connectivity index (χ0n) is 34.5. The fourth-order valence-electron chi connectivity index (χ4n) is 9.53. The SMILES string of the molecule is Cc1ccnc(-n2c3cc(-c4c(C(C)C)cccc4C(C)C)ccc3c3ccc(-c4cccc5c4nc(-c4cccc6c4[nH]c4ccccc46)n5-c4ccccc4)cc32)c1. The van der Waals surface area contributed by atoms with Gasteiger partial charge in [0.1, 0.15) is 11.6 Å². The van der Waals surface area contributed by atoms with Crippen molar-refractivity contribution in [1.82, 2.24) is 24.1 Å². The van der Waals surface area contributed by atoms with E-state index in [-0.39, 0.29) is 0 Å². The Labute approximate surface area is 349 Å². The van der Waals surface area contributed by atoms with Crippen LogP contribution in [0.5, 0.6) is 0 Å². The predicted octanol–water partition coefficient (Wildman–Crippen LogP) is 14.7. The molecule has 0 aliphatic rings. The molecule has 0 aliphatic heterocycles.